The SMILES string of the molecule is C[C@@H](O)c1cccnc1N1CCC(N(C)C)CC1. The fourth-order valence-corrected chi connectivity index (χ4v) is 2.59. The Morgan fingerprint density at radius 1 is 1.39 bits per heavy atom. The Labute approximate surface area is 109 Å². The van der Waals surface area contributed by atoms with Gasteiger partial charge in [0.15, 0.2) is 0 Å². The van der Waals surface area contributed by atoms with E-state index in [-0.39, 0.29) is 0 Å². The Bertz CT molecular complexity index is 384. The van der Waals surface area contributed by atoms with Crippen LogP contribution >= 0.6 is 0 Å². The minimum Gasteiger partial charge on any atom is -0.389 e. The van der Waals surface area contributed by atoms with Crippen LogP contribution < -0.4 is 4.90 Å². The molecule has 100 valence electrons. The molecule has 0 aromatic carbocycles. The van der Waals surface area contributed by atoms with Crippen molar-refractivity contribution in [1.82, 2.24) is 9.88 Å². The third-order valence-corrected chi connectivity index (χ3v) is 3.76. The zero-order valence-corrected chi connectivity index (χ0v) is 11.5. The average molecular weight is 249 g/mol. The van der Waals surface area contributed by atoms with Gasteiger partial charge in [0, 0.05) is 30.9 Å². The lowest BCUT2D eigenvalue weighted by Crippen LogP contribution is -2.42. The molecule has 1 saturated heterocycles. The summed E-state index contributed by atoms with van der Waals surface area (Å²) in [7, 11) is 4.28. The fraction of sp³-hybridized carbons (Fsp3) is 0.643. The first-order valence-electron chi connectivity index (χ1n) is 6.64. The Hall–Kier alpha value is -1.13. The number of hydrogen-bond donors (Lipinski definition) is 1. The Kier molecular flexibility index (Phi) is 4.19. The molecule has 1 aromatic heterocycles. The van der Waals surface area contributed by atoms with Crippen LogP contribution in [-0.4, -0.2) is 48.2 Å². The van der Waals surface area contributed by atoms with Gasteiger partial charge in [0.05, 0.1) is 6.10 Å². The lowest BCUT2D eigenvalue weighted by Gasteiger charge is -2.36. The maximum absolute atomic E-state index is 9.80. The molecule has 4 heteroatoms. The largest absolute Gasteiger partial charge is 0.389 e. The predicted octanol–water partition coefficient (Wildman–Crippen LogP) is 1.67. The normalized spacial score (nSPS) is 19.3. The minimum absolute atomic E-state index is 0.458. The third kappa shape index (κ3) is 2.82. The summed E-state index contributed by atoms with van der Waals surface area (Å²) in [6.07, 6.45) is 3.66. The van der Waals surface area contributed by atoms with Crippen molar-refractivity contribution in [1.29, 1.82) is 0 Å². The molecule has 4 nitrogen and oxygen atoms in total. The summed E-state index contributed by atoms with van der Waals surface area (Å²) >= 11 is 0. The highest BCUT2D eigenvalue weighted by Gasteiger charge is 2.23. The number of piperidine rings is 1. The maximum atomic E-state index is 9.80. The van der Waals surface area contributed by atoms with E-state index in [1.165, 1.54) is 0 Å². The van der Waals surface area contributed by atoms with Gasteiger partial charge in [-0.25, -0.2) is 4.98 Å². The highest BCUT2D eigenvalue weighted by molar-refractivity contribution is 5.48. The van der Waals surface area contributed by atoms with Crippen LogP contribution in [0, 0.1) is 0 Å². The molecular weight excluding hydrogens is 226 g/mol. The molecule has 0 unspecified atom stereocenters. The molecule has 1 atom stereocenters. The van der Waals surface area contributed by atoms with Gasteiger partial charge in [-0.1, -0.05) is 6.07 Å². The molecule has 0 radical (unpaired) electrons. The number of hydrogen-bond acceptors (Lipinski definition) is 4. The van der Waals surface area contributed by atoms with E-state index in [1.54, 1.807) is 13.1 Å². The molecule has 18 heavy (non-hydrogen) atoms. The van der Waals surface area contributed by atoms with Crippen molar-refractivity contribution in [3.8, 4) is 0 Å². The lowest BCUT2D eigenvalue weighted by molar-refractivity contribution is 0.198. The Morgan fingerprint density at radius 2 is 2.06 bits per heavy atom. The van der Waals surface area contributed by atoms with Crippen molar-refractivity contribution in [3.05, 3.63) is 23.9 Å². The van der Waals surface area contributed by atoms with Gasteiger partial charge < -0.3 is 14.9 Å². The fourth-order valence-electron chi connectivity index (χ4n) is 2.59. The van der Waals surface area contributed by atoms with E-state index in [9.17, 15) is 5.11 Å². The molecule has 0 spiro atoms. The van der Waals surface area contributed by atoms with Crippen molar-refractivity contribution in [2.75, 3.05) is 32.1 Å². The van der Waals surface area contributed by atoms with E-state index in [1.807, 2.05) is 12.1 Å². The van der Waals surface area contributed by atoms with E-state index < -0.39 is 6.10 Å². The zero-order valence-electron chi connectivity index (χ0n) is 11.5. The zero-order chi connectivity index (χ0) is 13.1. The highest BCUT2D eigenvalue weighted by atomic mass is 16.3. The highest BCUT2D eigenvalue weighted by Crippen LogP contribution is 2.26. The number of rotatable bonds is 3. The number of nitrogens with zero attached hydrogens (tertiary/aromatic N) is 3. The average Bonchev–Trinajstić information content (AvgIpc) is 2.39. The lowest BCUT2D eigenvalue weighted by atomic mass is 10.0. The van der Waals surface area contributed by atoms with Crippen LogP contribution in [0.15, 0.2) is 18.3 Å². The third-order valence-electron chi connectivity index (χ3n) is 3.76. The van der Waals surface area contributed by atoms with Crippen molar-refractivity contribution in [2.45, 2.75) is 31.9 Å². The number of aliphatic hydroxyl groups excluding tert-OH is 1. The Balaban J connectivity index is 2.10. The van der Waals surface area contributed by atoms with Crippen LogP contribution in [0.2, 0.25) is 0 Å². The van der Waals surface area contributed by atoms with Gasteiger partial charge in [0.25, 0.3) is 0 Å². The van der Waals surface area contributed by atoms with E-state index in [0.717, 1.165) is 37.3 Å². The molecule has 1 aliphatic heterocycles. The van der Waals surface area contributed by atoms with Gasteiger partial charge >= 0.3 is 0 Å². The summed E-state index contributed by atoms with van der Waals surface area (Å²) in [5.41, 5.74) is 0.931. The smallest absolute Gasteiger partial charge is 0.134 e. The molecule has 0 aliphatic carbocycles. The second kappa shape index (κ2) is 5.67. The van der Waals surface area contributed by atoms with Gasteiger partial charge in [0.1, 0.15) is 5.82 Å². The number of pyridine rings is 1. The van der Waals surface area contributed by atoms with Crippen molar-refractivity contribution < 1.29 is 5.11 Å². The summed E-state index contributed by atoms with van der Waals surface area (Å²) in [5.74, 6) is 0.949. The number of aliphatic hydroxyl groups is 1. The molecular formula is C14H23N3O. The topological polar surface area (TPSA) is 39.6 Å². The molecule has 1 aromatic rings. The quantitative estimate of drug-likeness (QED) is 0.884. The van der Waals surface area contributed by atoms with E-state index in [0.29, 0.717) is 6.04 Å². The first-order valence-corrected chi connectivity index (χ1v) is 6.64. The first kappa shape index (κ1) is 13.3. The van der Waals surface area contributed by atoms with Gasteiger partial charge in [-0.2, -0.15) is 0 Å². The molecule has 1 aliphatic rings. The maximum Gasteiger partial charge on any atom is 0.134 e. The monoisotopic (exact) mass is 249 g/mol. The van der Waals surface area contributed by atoms with E-state index >= 15 is 0 Å². The van der Waals surface area contributed by atoms with Crippen LogP contribution in [0.3, 0.4) is 0 Å². The van der Waals surface area contributed by atoms with Crippen LogP contribution in [0.5, 0.6) is 0 Å². The molecule has 2 heterocycles. The molecule has 1 N–H and O–H groups in total. The number of anilines is 1. The molecule has 0 saturated carbocycles. The van der Waals surface area contributed by atoms with Crippen LogP contribution in [0.4, 0.5) is 5.82 Å². The van der Waals surface area contributed by atoms with E-state index in [2.05, 4.69) is 28.9 Å². The standard InChI is InChI=1S/C14H23N3O/c1-11(18)13-5-4-8-15-14(13)17-9-6-12(7-10-17)16(2)3/h4-5,8,11-12,18H,6-7,9-10H2,1-3H3/t11-/m1/s1. The van der Waals surface area contributed by atoms with Gasteiger partial charge in [0.2, 0.25) is 0 Å². The second-order valence-electron chi connectivity index (χ2n) is 5.27. The van der Waals surface area contributed by atoms with Crippen LogP contribution in [0.25, 0.3) is 0 Å². The summed E-state index contributed by atoms with van der Waals surface area (Å²) in [6.45, 7) is 3.83. The van der Waals surface area contributed by atoms with Gasteiger partial charge in [-0.3, -0.25) is 0 Å². The molecule has 0 amide bonds. The molecule has 2 rings (SSSR count). The van der Waals surface area contributed by atoms with Crippen molar-refractivity contribution >= 4 is 5.82 Å². The van der Waals surface area contributed by atoms with Crippen LogP contribution in [-0.2, 0) is 0 Å². The summed E-state index contributed by atoms with van der Waals surface area (Å²) in [4.78, 5) is 9.04. The summed E-state index contributed by atoms with van der Waals surface area (Å²) in [6, 6.07) is 4.52. The minimum atomic E-state index is -0.458. The van der Waals surface area contributed by atoms with Gasteiger partial charge in [-0.05, 0) is 39.9 Å². The summed E-state index contributed by atoms with van der Waals surface area (Å²) < 4.78 is 0. The van der Waals surface area contributed by atoms with Crippen LogP contribution in [0.1, 0.15) is 31.4 Å². The van der Waals surface area contributed by atoms with Crippen molar-refractivity contribution in [3.63, 3.8) is 0 Å². The molecule has 1 fully saturated rings. The predicted molar refractivity (Wildman–Crippen MR) is 73.8 cm³/mol. The number of aromatic nitrogens is 1. The van der Waals surface area contributed by atoms with Gasteiger partial charge in [-0.15, -0.1) is 0 Å². The van der Waals surface area contributed by atoms with E-state index in [4.69, 9.17) is 0 Å². The second-order valence-corrected chi connectivity index (χ2v) is 5.27. The summed E-state index contributed by atoms with van der Waals surface area (Å²) in [5, 5.41) is 9.80. The first-order chi connectivity index (χ1) is 8.59. The van der Waals surface area contributed by atoms with Crippen molar-refractivity contribution in [2.24, 2.45) is 0 Å². The molecule has 0 bridgehead atoms. The Morgan fingerprint density at radius 3 is 2.61 bits per heavy atom.